The van der Waals surface area contributed by atoms with Gasteiger partial charge in [0.25, 0.3) is 0 Å². The molecule has 2 aromatic carbocycles. The summed E-state index contributed by atoms with van der Waals surface area (Å²) in [5.74, 6) is -0.426. The molecule has 0 saturated carbocycles. The van der Waals surface area contributed by atoms with Gasteiger partial charge in [0.1, 0.15) is 0 Å². The second-order valence-corrected chi connectivity index (χ2v) is 5.82. The lowest BCUT2D eigenvalue weighted by Gasteiger charge is -2.12. The largest absolute Gasteiger partial charge is 0.416 e. The Balaban J connectivity index is 0.00000225. The summed E-state index contributed by atoms with van der Waals surface area (Å²) in [6.45, 7) is 1.95. The lowest BCUT2D eigenvalue weighted by atomic mass is 10.0. The summed E-state index contributed by atoms with van der Waals surface area (Å²) in [5.41, 5.74) is 2.60. The third-order valence-corrected chi connectivity index (χ3v) is 4.07. The monoisotopic (exact) mass is 370 g/mol. The standard InChI is InChI=1S/C18H17F3N2O.ClH/c19-18(20,21)16-4-2-1-3-13(16)8-17(24)23-9-12-5-6-14-10-22-11-15(14)7-12;/h1-7,22H,8-11H2,(H,23,24);1H. The SMILES string of the molecule is Cl.O=C(Cc1ccccc1C(F)(F)F)NCc1ccc2c(c1)CNC2. The van der Waals surface area contributed by atoms with Gasteiger partial charge in [-0.25, -0.2) is 0 Å². The zero-order valence-electron chi connectivity index (χ0n) is 13.3. The summed E-state index contributed by atoms with van der Waals surface area (Å²) in [6, 6.07) is 11.1. The number of fused-ring (bicyclic) bond motifs is 1. The van der Waals surface area contributed by atoms with Gasteiger partial charge in [-0.15, -0.1) is 12.4 Å². The molecule has 2 N–H and O–H groups in total. The Morgan fingerprint density at radius 1 is 1.08 bits per heavy atom. The first-order valence-corrected chi connectivity index (χ1v) is 7.66. The molecule has 0 aliphatic carbocycles. The van der Waals surface area contributed by atoms with Crippen LogP contribution in [0, 0.1) is 0 Å². The Bertz CT molecular complexity index is 762. The van der Waals surface area contributed by atoms with E-state index in [0.29, 0.717) is 6.54 Å². The van der Waals surface area contributed by atoms with Gasteiger partial charge in [-0.3, -0.25) is 4.79 Å². The summed E-state index contributed by atoms with van der Waals surface area (Å²) in [5, 5.41) is 5.93. The maximum atomic E-state index is 12.9. The fourth-order valence-corrected chi connectivity index (χ4v) is 2.85. The third-order valence-electron chi connectivity index (χ3n) is 4.07. The molecule has 0 radical (unpaired) electrons. The van der Waals surface area contributed by atoms with Crippen LogP contribution in [0.3, 0.4) is 0 Å². The molecule has 2 aromatic rings. The molecule has 25 heavy (non-hydrogen) atoms. The summed E-state index contributed by atoms with van der Waals surface area (Å²) in [6.07, 6.45) is -4.74. The Morgan fingerprint density at radius 3 is 2.56 bits per heavy atom. The Labute approximate surface area is 150 Å². The number of nitrogens with one attached hydrogen (secondary N) is 2. The van der Waals surface area contributed by atoms with Crippen molar-refractivity contribution in [1.82, 2.24) is 10.6 Å². The molecule has 0 atom stereocenters. The molecule has 0 saturated heterocycles. The molecule has 1 aliphatic heterocycles. The van der Waals surface area contributed by atoms with Crippen molar-refractivity contribution in [1.29, 1.82) is 0 Å². The van der Waals surface area contributed by atoms with Gasteiger partial charge in [-0.1, -0.05) is 36.4 Å². The molecule has 1 heterocycles. The van der Waals surface area contributed by atoms with Crippen molar-refractivity contribution in [3.05, 3.63) is 70.3 Å². The fourth-order valence-electron chi connectivity index (χ4n) is 2.85. The molecule has 0 bridgehead atoms. The number of amides is 1. The fraction of sp³-hybridized carbons (Fsp3) is 0.278. The molecule has 3 nitrogen and oxygen atoms in total. The second-order valence-electron chi connectivity index (χ2n) is 5.82. The molecular formula is C18H18ClF3N2O. The van der Waals surface area contributed by atoms with E-state index in [2.05, 4.69) is 10.6 Å². The average Bonchev–Trinajstić information content (AvgIpc) is 3.00. The summed E-state index contributed by atoms with van der Waals surface area (Å²) < 4.78 is 38.8. The van der Waals surface area contributed by atoms with Crippen LogP contribution in [0.15, 0.2) is 42.5 Å². The highest BCUT2D eigenvalue weighted by Gasteiger charge is 2.33. The highest BCUT2D eigenvalue weighted by molar-refractivity contribution is 5.85. The van der Waals surface area contributed by atoms with Gasteiger partial charge >= 0.3 is 6.18 Å². The number of rotatable bonds is 4. The van der Waals surface area contributed by atoms with Crippen molar-refractivity contribution < 1.29 is 18.0 Å². The van der Waals surface area contributed by atoms with Crippen LogP contribution in [0.4, 0.5) is 13.2 Å². The van der Waals surface area contributed by atoms with Gasteiger partial charge < -0.3 is 10.6 Å². The molecular weight excluding hydrogens is 353 g/mol. The summed E-state index contributed by atoms with van der Waals surface area (Å²) in [4.78, 5) is 12.0. The Morgan fingerprint density at radius 2 is 1.80 bits per heavy atom. The lowest BCUT2D eigenvalue weighted by molar-refractivity contribution is -0.138. The molecule has 0 aromatic heterocycles. The predicted molar refractivity (Wildman–Crippen MR) is 91.2 cm³/mol. The van der Waals surface area contributed by atoms with Gasteiger partial charge in [0.15, 0.2) is 0 Å². The van der Waals surface area contributed by atoms with Crippen molar-refractivity contribution in [2.75, 3.05) is 0 Å². The first-order valence-electron chi connectivity index (χ1n) is 7.66. The minimum absolute atomic E-state index is 0. The Hall–Kier alpha value is -2.05. The molecule has 1 amide bonds. The van der Waals surface area contributed by atoms with Crippen molar-refractivity contribution in [3.8, 4) is 0 Å². The molecule has 0 spiro atoms. The first-order chi connectivity index (χ1) is 11.4. The maximum Gasteiger partial charge on any atom is 0.416 e. The van der Waals surface area contributed by atoms with Crippen LogP contribution in [-0.4, -0.2) is 5.91 Å². The normalized spacial score (nSPS) is 13.1. The van der Waals surface area contributed by atoms with E-state index in [0.717, 1.165) is 24.7 Å². The first kappa shape index (κ1) is 19.3. The van der Waals surface area contributed by atoms with Crippen molar-refractivity contribution in [2.45, 2.75) is 32.2 Å². The van der Waals surface area contributed by atoms with E-state index in [1.165, 1.54) is 29.3 Å². The van der Waals surface area contributed by atoms with Crippen LogP contribution in [0.25, 0.3) is 0 Å². The number of hydrogen-bond donors (Lipinski definition) is 2. The highest BCUT2D eigenvalue weighted by Crippen LogP contribution is 2.32. The molecule has 0 unspecified atom stereocenters. The zero-order chi connectivity index (χ0) is 17.2. The number of hydrogen-bond acceptors (Lipinski definition) is 2. The Kier molecular flexibility index (Phi) is 6.08. The lowest BCUT2D eigenvalue weighted by Crippen LogP contribution is -2.25. The van der Waals surface area contributed by atoms with E-state index >= 15 is 0 Å². The van der Waals surface area contributed by atoms with Gasteiger partial charge in [0.05, 0.1) is 12.0 Å². The molecule has 7 heteroatoms. The van der Waals surface area contributed by atoms with E-state index in [1.54, 1.807) is 0 Å². The molecule has 0 fully saturated rings. The topological polar surface area (TPSA) is 41.1 Å². The summed E-state index contributed by atoms with van der Waals surface area (Å²) in [7, 11) is 0. The zero-order valence-corrected chi connectivity index (χ0v) is 14.1. The predicted octanol–water partition coefficient (Wildman–Crippen LogP) is 3.59. The van der Waals surface area contributed by atoms with Crippen LogP contribution in [0.5, 0.6) is 0 Å². The van der Waals surface area contributed by atoms with Crippen molar-refractivity contribution >= 4 is 18.3 Å². The van der Waals surface area contributed by atoms with Gasteiger partial charge in [-0.05, 0) is 28.3 Å². The molecule has 134 valence electrons. The van der Waals surface area contributed by atoms with Gasteiger partial charge in [0.2, 0.25) is 5.91 Å². The minimum atomic E-state index is -4.45. The van der Waals surface area contributed by atoms with Crippen LogP contribution < -0.4 is 10.6 Å². The van der Waals surface area contributed by atoms with Gasteiger partial charge in [0, 0.05) is 19.6 Å². The van der Waals surface area contributed by atoms with Crippen LogP contribution in [0.1, 0.15) is 27.8 Å². The summed E-state index contributed by atoms with van der Waals surface area (Å²) >= 11 is 0. The molecule has 3 rings (SSSR count). The minimum Gasteiger partial charge on any atom is -0.352 e. The van der Waals surface area contributed by atoms with E-state index in [-0.39, 0.29) is 24.4 Å². The van der Waals surface area contributed by atoms with E-state index < -0.39 is 17.6 Å². The number of carbonyl (C=O) groups is 1. The maximum absolute atomic E-state index is 12.9. The average molecular weight is 371 g/mol. The van der Waals surface area contributed by atoms with Crippen molar-refractivity contribution in [2.24, 2.45) is 0 Å². The molecule has 1 aliphatic rings. The quantitative estimate of drug-likeness (QED) is 0.863. The van der Waals surface area contributed by atoms with Crippen LogP contribution in [-0.2, 0) is 37.0 Å². The van der Waals surface area contributed by atoms with Gasteiger partial charge in [-0.2, -0.15) is 13.2 Å². The number of carbonyl (C=O) groups excluding carboxylic acids is 1. The third kappa shape index (κ3) is 4.74. The smallest absolute Gasteiger partial charge is 0.352 e. The number of alkyl halides is 3. The number of halogens is 4. The van der Waals surface area contributed by atoms with E-state index in [9.17, 15) is 18.0 Å². The van der Waals surface area contributed by atoms with E-state index in [1.807, 2.05) is 18.2 Å². The van der Waals surface area contributed by atoms with Crippen LogP contribution in [0.2, 0.25) is 0 Å². The van der Waals surface area contributed by atoms with Crippen molar-refractivity contribution in [3.63, 3.8) is 0 Å². The van der Waals surface area contributed by atoms with E-state index in [4.69, 9.17) is 0 Å². The highest BCUT2D eigenvalue weighted by atomic mass is 35.5. The number of benzene rings is 2. The van der Waals surface area contributed by atoms with Crippen LogP contribution >= 0.6 is 12.4 Å². The second kappa shape index (κ2) is 7.89.